The lowest BCUT2D eigenvalue weighted by atomic mass is 10.0. The number of aromatic nitrogens is 2. The van der Waals surface area contributed by atoms with Crippen molar-refractivity contribution in [3.8, 4) is 11.3 Å². The molecule has 2 rings (SSSR count). The Morgan fingerprint density at radius 3 is 2.71 bits per heavy atom. The molecule has 0 saturated heterocycles. The summed E-state index contributed by atoms with van der Waals surface area (Å²) >= 11 is 0. The van der Waals surface area contributed by atoms with Crippen LogP contribution in [0.5, 0.6) is 0 Å². The van der Waals surface area contributed by atoms with Gasteiger partial charge in [0, 0.05) is 18.3 Å². The molecule has 3 heteroatoms. The van der Waals surface area contributed by atoms with Gasteiger partial charge in [0.1, 0.15) is 6.33 Å². The Morgan fingerprint density at radius 2 is 2.00 bits per heavy atom. The molecule has 0 spiro atoms. The van der Waals surface area contributed by atoms with Gasteiger partial charge >= 0.3 is 0 Å². The van der Waals surface area contributed by atoms with Gasteiger partial charge in [0.05, 0.1) is 5.69 Å². The molecule has 0 aliphatic rings. The van der Waals surface area contributed by atoms with E-state index < -0.39 is 0 Å². The van der Waals surface area contributed by atoms with Crippen molar-refractivity contribution in [2.45, 2.75) is 6.54 Å². The molecule has 0 unspecified atom stereocenters. The molecule has 0 radical (unpaired) electrons. The Morgan fingerprint density at radius 1 is 1.14 bits per heavy atom. The molecule has 14 heavy (non-hydrogen) atoms. The van der Waals surface area contributed by atoms with Crippen molar-refractivity contribution in [3.63, 3.8) is 0 Å². The Kier molecular flexibility index (Phi) is 2.51. The highest BCUT2D eigenvalue weighted by Crippen LogP contribution is 2.19. The molecule has 3 nitrogen and oxygen atoms in total. The SMILES string of the molecule is NCc1ccccc1-c1ccncn1. The third kappa shape index (κ3) is 1.63. The fraction of sp³-hybridized carbons (Fsp3) is 0.0909. The maximum atomic E-state index is 5.64. The summed E-state index contributed by atoms with van der Waals surface area (Å²) in [4.78, 5) is 8.07. The number of hydrogen-bond acceptors (Lipinski definition) is 3. The first-order chi connectivity index (χ1) is 6.92. The molecule has 0 fully saturated rings. The quantitative estimate of drug-likeness (QED) is 0.773. The molecule has 1 heterocycles. The number of nitrogens with two attached hydrogens (primary N) is 1. The van der Waals surface area contributed by atoms with E-state index in [1.807, 2.05) is 30.3 Å². The number of benzene rings is 1. The van der Waals surface area contributed by atoms with E-state index in [0.29, 0.717) is 6.54 Å². The molecular weight excluding hydrogens is 174 g/mol. The average Bonchev–Trinajstić information content (AvgIpc) is 2.30. The predicted octanol–water partition coefficient (Wildman–Crippen LogP) is 1.60. The van der Waals surface area contributed by atoms with Crippen LogP contribution >= 0.6 is 0 Å². The van der Waals surface area contributed by atoms with Gasteiger partial charge in [-0.1, -0.05) is 24.3 Å². The minimum absolute atomic E-state index is 0.528. The second-order valence-electron chi connectivity index (χ2n) is 2.96. The van der Waals surface area contributed by atoms with Crippen molar-refractivity contribution < 1.29 is 0 Å². The highest BCUT2D eigenvalue weighted by atomic mass is 14.8. The Hall–Kier alpha value is -1.74. The van der Waals surface area contributed by atoms with Gasteiger partial charge in [0.15, 0.2) is 0 Å². The lowest BCUT2D eigenvalue weighted by Crippen LogP contribution is -1.99. The van der Waals surface area contributed by atoms with E-state index in [1.165, 1.54) is 0 Å². The minimum Gasteiger partial charge on any atom is -0.326 e. The van der Waals surface area contributed by atoms with E-state index in [4.69, 9.17) is 5.73 Å². The summed E-state index contributed by atoms with van der Waals surface area (Å²) in [7, 11) is 0. The molecule has 0 aliphatic heterocycles. The largest absolute Gasteiger partial charge is 0.326 e. The van der Waals surface area contributed by atoms with Crippen LogP contribution in [0, 0.1) is 0 Å². The Labute approximate surface area is 82.6 Å². The molecule has 2 aromatic rings. The minimum atomic E-state index is 0.528. The Balaban J connectivity index is 2.51. The lowest BCUT2D eigenvalue weighted by Gasteiger charge is -2.05. The zero-order valence-corrected chi connectivity index (χ0v) is 7.72. The highest BCUT2D eigenvalue weighted by molar-refractivity contribution is 5.62. The molecule has 2 N–H and O–H groups in total. The summed E-state index contributed by atoms with van der Waals surface area (Å²) < 4.78 is 0. The molecule has 0 aliphatic carbocycles. The second kappa shape index (κ2) is 3.98. The normalized spacial score (nSPS) is 10.1. The van der Waals surface area contributed by atoms with E-state index in [-0.39, 0.29) is 0 Å². The van der Waals surface area contributed by atoms with Gasteiger partial charge in [0.25, 0.3) is 0 Å². The van der Waals surface area contributed by atoms with Crippen LogP contribution < -0.4 is 5.73 Å². The van der Waals surface area contributed by atoms with Gasteiger partial charge in [-0.15, -0.1) is 0 Å². The van der Waals surface area contributed by atoms with E-state index in [0.717, 1.165) is 16.8 Å². The lowest BCUT2D eigenvalue weighted by molar-refractivity contribution is 1.07. The summed E-state index contributed by atoms with van der Waals surface area (Å²) in [6.07, 6.45) is 3.28. The third-order valence-electron chi connectivity index (χ3n) is 2.10. The van der Waals surface area contributed by atoms with E-state index >= 15 is 0 Å². The van der Waals surface area contributed by atoms with Crippen LogP contribution in [-0.2, 0) is 6.54 Å². The van der Waals surface area contributed by atoms with Crippen LogP contribution in [0.3, 0.4) is 0 Å². The van der Waals surface area contributed by atoms with Crippen LogP contribution in [-0.4, -0.2) is 9.97 Å². The van der Waals surface area contributed by atoms with Crippen LogP contribution in [0.25, 0.3) is 11.3 Å². The van der Waals surface area contributed by atoms with Gasteiger partial charge in [-0.25, -0.2) is 9.97 Å². The molecule has 0 saturated carbocycles. The summed E-state index contributed by atoms with van der Waals surface area (Å²) in [5.41, 5.74) is 8.75. The molecule has 0 bridgehead atoms. The zero-order valence-electron chi connectivity index (χ0n) is 7.72. The van der Waals surface area contributed by atoms with Gasteiger partial charge in [-0.05, 0) is 11.6 Å². The molecule has 1 aromatic heterocycles. The van der Waals surface area contributed by atoms with Gasteiger partial charge in [0.2, 0.25) is 0 Å². The maximum absolute atomic E-state index is 5.64. The fourth-order valence-corrected chi connectivity index (χ4v) is 1.40. The smallest absolute Gasteiger partial charge is 0.116 e. The van der Waals surface area contributed by atoms with Crippen LogP contribution in [0.1, 0.15) is 5.56 Å². The van der Waals surface area contributed by atoms with Crippen molar-refractivity contribution in [3.05, 3.63) is 48.4 Å². The summed E-state index contributed by atoms with van der Waals surface area (Å²) in [5.74, 6) is 0. The second-order valence-corrected chi connectivity index (χ2v) is 2.96. The number of nitrogens with zero attached hydrogens (tertiary/aromatic N) is 2. The molecule has 0 atom stereocenters. The average molecular weight is 185 g/mol. The fourth-order valence-electron chi connectivity index (χ4n) is 1.40. The van der Waals surface area contributed by atoms with Crippen molar-refractivity contribution in [1.82, 2.24) is 9.97 Å². The topological polar surface area (TPSA) is 51.8 Å². The molecule has 70 valence electrons. The van der Waals surface area contributed by atoms with Crippen molar-refractivity contribution in [2.24, 2.45) is 5.73 Å². The first-order valence-electron chi connectivity index (χ1n) is 4.46. The van der Waals surface area contributed by atoms with Gasteiger partial charge < -0.3 is 5.73 Å². The first-order valence-corrected chi connectivity index (χ1v) is 4.46. The van der Waals surface area contributed by atoms with Crippen LogP contribution in [0.4, 0.5) is 0 Å². The Bertz CT molecular complexity index is 412. The number of hydrogen-bond donors (Lipinski definition) is 1. The number of rotatable bonds is 2. The van der Waals surface area contributed by atoms with Gasteiger partial charge in [-0.3, -0.25) is 0 Å². The van der Waals surface area contributed by atoms with E-state index in [2.05, 4.69) is 9.97 Å². The van der Waals surface area contributed by atoms with Crippen molar-refractivity contribution >= 4 is 0 Å². The van der Waals surface area contributed by atoms with Crippen molar-refractivity contribution in [1.29, 1.82) is 0 Å². The standard InChI is InChI=1S/C11H11N3/c12-7-9-3-1-2-4-10(9)11-5-6-13-8-14-11/h1-6,8H,7,12H2. The predicted molar refractivity (Wildman–Crippen MR) is 55.4 cm³/mol. The summed E-state index contributed by atoms with van der Waals surface area (Å²) in [6, 6.07) is 9.87. The van der Waals surface area contributed by atoms with E-state index in [9.17, 15) is 0 Å². The third-order valence-corrected chi connectivity index (χ3v) is 2.10. The molecular formula is C11H11N3. The molecule has 0 amide bonds. The van der Waals surface area contributed by atoms with Crippen LogP contribution in [0.15, 0.2) is 42.9 Å². The zero-order chi connectivity index (χ0) is 9.80. The monoisotopic (exact) mass is 185 g/mol. The first kappa shape index (κ1) is 8.84. The maximum Gasteiger partial charge on any atom is 0.116 e. The summed E-state index contributed by atoms with van der Waals surface area (Å²) in [6.45, 7) is 0.528. The van der Waals surface area contributed by atoms with Crippen LogP contribution in [0.2, 0.25) is 0 Å². The van der Waals surface area contributed by atoms with Crippen molar-refractivity contribution in [2.75, 3.05) is 0 Å². The molecule has 1 aromatic carbocycles. The van der Waals surface area contributed by atoms with E-state index in [1.54, 1.807) is 12.5 Å². The highest BCUT2D eigenvalue weighted by Gasteiger charge is 2.02. The van der Waals surface area contributed by atoms with Gasteiger partial charge in [-0.2, -0.15) is 0 Å². The summed E-state index contributed by atoms with van der Waals surface area (Å²) in [5, 5.41) is 0.